The molecule has 3 aliphatic rings. The molecule has 1 aliphatic heterocycles. The van der Waals surface area contributed by atoms with E-state index in [4.69, 9.17) is 0 Å². The third-order valence-electron chi connectivity index (χ3n) is 4.63. The Labute approximate surface area is 84.1 Å². The summed E-state index contributed by atoms with van der Waals surface area (Å²) in [7, 11) is 0. The third kappa shape index (κ3) is 0.830. The van der Waals surface area contributed by atoms with Gasteiger partial charge in [-0.2, -0.15) is 0 Å². The van der Waals surface area contributed by atoms with Gasteiger partial charge in [0.25, 0.3) is 0 Å². The quantitative estimate of drug-likeness (QED) is 0.472. The minimum absolute atomic E-state index is 0.305. The second kappa shape index (κ2) is 2.59. The normalized spacial score (nSPS) is 45.0. The SMILES string of the molecule is O=NN1C[C@]23C=CCC[C@]2(CCC3)C1. The summed E-state index contributed by atoms with van der Waals surface area (Å²) in [6.07, 6.45) is 11.0. The number of hydrogen-bond donors (Lipinski definition) is 0. The van der Waals surface area contributed by atoms with E-state index < -0.39 is 0 Å². The van der Waals surface area contributed by atoms with Crippen LogP contribution in [0.1, 0.15) is 32.1 Å². The van der Waals surface area contributed by atoms with E-state index in [-0.39, 0.29) is 0 Å². The van der Waals surface area contributed by atoms with Gasteiger partial charge >= 0.3 is 0 Å². The molecule has 3 nitrogen and oxygen atoms in total. The van der Waals surface area contributed by atoms with Crippen molar-refractivity contribution < 1.29 is 0 Å². The summed E-state index contributed by atoms with van der Waals surface area (Å²) >= 11 is 0. The number of nitrogens with zero attached hydrogens (tertiary/aromatic N) is 2. The molecule has 1 saturated carbocycles. The summed E-state index contributed by atoms with van der Waals surface area (Å²) in [6, 6.07) is 0. The van der Waals surface area contributed by atoms with Crippen LogP contribution in [0, 0.1) is 15.7 Å². The molecule has 0 aromatic carbocycles. The van der Waals surface area contributed by atoms with Crippen LogP contribution >= 0.6 is 0 Å². The van der Waals surface area contributed by atoms with Gasteiger partial charge in [0, 0.05) is 23.9 Å². The second-order valence-corrected chi connectivity index (χ2v) is 5.14. The first kappa shape index (κ1) is 8.45. The Morgan fingerprint density at radius 1 is 1.21 bits per heavy atom. The van der Waals surface area contributed by atoms with Crippen molar-refractivity contribution in [2.75, 3.05) is 13.1 Å². The molecule has 1 saturated heterocycles. The lowest BCUT2D eigenvalue weighted by molar-refractivity contribution is 0.164. The van der Waals surface area contributed by atoms with Crippen molar-refractivity contribution >= 4 is 0 Å². The third-order valence-corrected chi connectivity index (χ3v) is 4.63. The Kier molecular flexibility index (Phi) is 1.56. The van der Waals surface area contributed by atoms with Gasteiger partial charge in [-0.05, 0) is 25.7 Å². The van der Waals surface area contributed by atoms with Crippen molar-refractivity contribution in [3.8, 4) is 0 Å². The van der Waals surface area contributed by atoms with Crippen molar-refractivity contribution in [1.82, 2.24) is 5.01 Å². The van der Waals surface area contributed by atoms with E-state index in [1.165, 1.54) is 32.1 Å². The second-order valence-electron chi connectivity index (χ2n) is 5.14. The average molecular weight is 192 g/mol. The monoisotopic (exact) mass is 192 g/mol. The summed E-state index contributed by atoms with van der Waals surface area (Å²) in [6.45, 7) is 1.77. The Hall–Kier alpha value is -0.860. The summed E-state index contributed by atoms with van der Waals surface area (Å²) in [5.74, 6) is 0. The highest BCUT2D eigenvalue weighted by Gasteiger charge is 2.59. The summed E-state index contributed by atoms with van der Waals surface area (Å²) in [5, 5.41) is 4.88. The topological polar surface area (TPSA) is 32.7 Å². The molecular formula is C11H16N2O. The molecule has 1 heterocycles. The lowest BCUT2D eigenvalue weighted by Gasteiger charge is -2.39. The highest BCUT2D eigenvalue weighted by Crippen LogP contribution is 2.62. The zero-order valence-corrected chi connectivity index (χ0v) is 8.41. The lowest BCUT2D eigenvalue weighted by atomic mass is 9.63. The summed E-state index contributed by atoms with van der Waals surface area (Å²) in [4.78, 5) is 10.6. The predicted molar refractivity (Wildman–Crippen MR) is 54.5 cm³/mol. The Balaban J connectivity index is 2.03. The van der Waals surface area contributed by atoms with Crippen LogP contribution in [0.25, 0.3) is 0 Å². The Bertz CT molecular complexity index is 302. The fraction of sp³-hybridized carbons (Fsp3) is 0.818. The maximum atomic E-state index is 10.6. The van der Waals surface area contributed by atoms with Crippen molar-refractivity contribution in [1.29, 1.82) is 0 Å². The summed E-state index contributed by atoms with van der Waals surface area (Å²) < 4.78 is 0. The molecule has 0 spiro atoms. The predicted octanol–water partition coefficient (Wildman–Crippen LogP) is 2.49. The maximum absolute atomic E-state index is 10.6. The van der Waals surface area contributed by atoms with E-state index in [9.17, 15) is 4.91 Å². The van der Waals surface area contributed by atoms with Crippen LogP contribution in [0.3, 0.4) is 0 Å². The molecule has 0 radical (unpaired) electrons. The molecule has 2 fully saturated rings. The molecule has 3 heteroatoms. The van der Waals surface area contributed by atoms with Gasteiger partial charge in [-0.1, -0.05) is 18.6 Å². The van der Waals surface area contributed by atoms with Crippen molar-refractivity contribution in [2.45, 2.75) is 32.1 Å². The van der Waals surface area contributed by atoms with Crippen LogP contribution in [-0.4, -0.2) is 18.1 Å². The van der Waals surface area contributed by atoms with Crippen LogP contribution in [-0.2, 0) is 0 Å². The van der Waals surface area contributed by atoms with Gasteiger partial charge in [0.05, 0.1) is 5.29 Å². The molecule has 2 aliphatic carbocycles. The molecule has 0 bridgehead atoms. The van der Waals surface area contributed by atoms with Gasteiger partial charge in [0.2, 0.25) is 0 Å². The zero-order chi connectivity index (χ0) is 9.65. The van der Waals surface area contributed by atoms with Crippen molar-refractivity contribution in [2.24, 2.45) is 16.1 Å². The molecule has 2 atom stereocenters. The maximum Gasteiger partial charge on any atom is 0.0524 e. The highest BCUT2D eigenvalue weighted by atomic mass is 16.3. The summed E-state index contributed by atoms with van der Waals surface area (Å²) in [5.41, 5.74) is 0.703. The smallest absolute Gasteiger partial charge is 0.0524 e. The van der Waals surface area contributed by atoms with E-state index in [0.29, 0.717) is 10.8 Å². The van der Waals surface area contributed by atoms with Gasteiger partial charge in [-0.15, -0.1) is 4.91 Å². The van der Waals surface area contributed by atoms with E-state index in [0.717, 1.165) is 13.1 Å². The average Bonchev–Trinajstić information content (AvgIpc) is 2.69. The standard InChI is InChI=1S/C11H16N2O/c14-12-13-8-10-4-1-2-5-11(10,9-13)7-3-6-10/h1,4H,2-3,5-9H2/t10-,11+/m1/s1. The van der Waals surface area contributed by atoms with Crippen LogP contribution in [0.15, 0.2) is 17.4 Å². The Morgan fingerprint density at radius 2 is 2.14 bits per heavy atom. The molecule has 3 rings (SSSR count). The van der Waals surface area contributed by atoms with Crippen LogP contribution in [0.5, 0.6) is 0 Å². The molecular weight excluding hydrogens is 176 g/mol. The minimum Gasteiger partial charge on any atom is -0.259 e. The minimum atomic E-state index is 0.305. The van der Waals surface area contributed by atoms with Gasteiger partial charge in [-0.3, -0.25) is 5.01 Å². The molecule has 14 heavy (non-hydrogen) atoms. The highest BCUT2D eigenvalue weighted by molar-refractivity contribution is 5.21. The van der Waals surface area contributed by atoms with E-state index in [1.807, 2.05) is 0 Å². The van der Waals surface area contributed by atoms with E-state index >= 15 is 0 Å². The molecule has 0 unspecified atom stereocenters. The van der Waals surface area contributed by atoms with E-state index in [2.05, 4.69) is 17.4 Å². The molecule has 0 aromatic rings. The number of hydrogen-bond acceptors (Lipinski definition) is 2. The van der Waals surface area contributed by atoms with Gasteiger partial charge in [-0.25, -0.2) is 0 Å². The lowest BCUT2D eigenvalue weighted by Crippen LogP contribution is -2.36. The fourth-order valence-corrected chi connectivity index (χ4v) is 3.96. The van der Waals surface area contributed by atoms with Crippen LogP contribution in [0.4, 0.5) is 0 Å². The van der Waals surface area contributed by atoms with Crippen molar-refractivity contribution in [3.05, 3.63) is 17.1 Å². The first-order chi connectivity index (χ1) is 6.80. The van der Waals surface area contributed by atoms with Crippen LogP contribution < -0.4 is 0 Å². The molecule has 0 aromatic heterocycles. The fourth-order valence-electron chi connectivity index (χ4n) is 3.96. The molecule has 0 amide bonds. The van der Waals surface area contributed by atoms with Crippen molar-refractivity contribution in [3.63, 3.8) is 0 Å². The number of allylic oxidation sites excluding steroid dienone is 1. The van der Waals surface area contributed by atoms with Gasteiger partial charge in [0.1, 0.15) is 0 Å². The van der Waals surface area contributed by atoms with Gasteiger partial charge < -0.3 is 0 Å². The molecule has 76 valence electrons. The Morgan fingerprint density at radius 3 is 2.93 bits per heavy atom. The first-order valence-corrected chi connectivity index (χ1v) is 5.56. The molecule has 0 N–H and O–H groups in total. The van der Waals surface area contributed by atoms with Crippen LogP contribution in [0.2, 0.25) is 0 Å². The first-order valence-electron chi connectivity index (χ1n) is 5.56. The van der Waals surface area contributed by atoms with Gasteiger partial charge in [0.15, 0.2) is 0 Å². The zero-order valence-electron chi connectivity index (χ0n) is 8.41. The number of rotatable bonds is 1. The number of nitroso groups, excluding NO2 is 1. The largest absolute Gasteiger partial charge is 0.259 e. The van der Waals surface area contributed by atoms with E-state index in [1.54, 1.807) is 5.01 Å².